The van der Waals surface area contributed by atoms with Crippen molar-refractivity contribution in [2.45, 2.75) is 6.36 Å². The summed E-state index contributed by atoms with van der Waals surface area (Å²) in [5, 5.41) is 0. The average molecular weight is 267 g/mol. The highest BCUT2D eigenvalue weighted by molar-refractivity contribution is 5.85. The fourth-order valence-electron chi connectivity index (χ4n) is 1.57. The summed E-state index contributed by atoms with van der Waals surface area (Å²) in [5.41, 5.74) is 1.32. The number of alkyl halides is 3. The van der Waals surface area contributed by atoms with E-state index in [2.05, 4.69) is 9.72 Å². The molecule has 0 bridgehead atoms. The maximum atomic E-state index is 12.0. The average Bonchev–Trinajstić information content (AvgIpc) is 2.38. The normalized spacial score (nSPS) is 11.1. The molecule has 0 unspecified atom stereocenters. The minimum absolute atomic E-state index is 0.320. The Morgan fingerprint density at radius 1 is 1.11 bits per heavy atom. The fourth-order valence-corrected chi connectivity index (χ4v) is 1.57. The van der Waals surface area contributed by atoms with Crippen LogP contribution in [0, 0.1) is 0 Å². The van der Waals surface area contributed by atoms with Gasteiger partial charge in [0.25, 0.3) is 0 Å². The predicted octanol–water partition coefficient (Wildman–Crippen LogP) is 3.46. The van der Waals surface area contributed by atoms with Gasteiger partial charge in [0.05, 0.1) is 5.69 Å². The van der Waals surface area contributed by atoms with Gasteiger partial charge in [-0.15, -0.1) is 13.2 Å². The van der Waals surface area contributed by atoms with Crippen LogP contribution in [-0.4, -0.2) is 17.6 Å². The molecule has 0 aliphatic rings. The Labute approximate surface area is 106 Å². The topological polar surface area (TPSA) is 39.2 Å². The third-order valence-electron chi connectivity index (χ3n) is 2.33. The standard InChI is InChI=1S/C13H8F3NO2/c14-13(15,16)19-11-5-3-9(4-6-11)12-10(8-18)2-1-7-17-12/h1-8H. The molecule has 2 aromatic rings. The van der Waals surface area contributed by atoms with Crippen LogP contribution in [0.1, 0.15) is 10.4 Å². The third kappa shape index (κ3) is 3.31. The van der Waals surface area contributed by atoms with Gasteiger partial charge in [-0.1, -0.05) is 0 Å². The highest BCUT2D eigenvalue weighted by Gasteiger charge is 2.30. The van der Waals surface area contributed by atoms with Crippen molar-refractivity contribution in [1.29, 1.82) is 0 Å². The maximum absolute atomic E-state index is 12.0. The van der Waals surface area contributed by atoms with Crippen molar-refractivity contribution in [2.24, 2.45) is 0 Å². The number of benzene rings is 1. The largest absolute Gasteiger partial charge is 0.573 e. The molecule has 0 saturated heterocycles. The lowest BCUT2D eigenvalue weighted by molar-refractivity contribution is -0.274. The van der Waals surface area contributed by atoms with Crippen molar-refractivity contribution in [2.75, 3.05) is 0 Å². The molecule has 0 fully saturated rings. The molecule has 0 spiro atoms. The van der Waals surface area contributed by atoms with Crippen molar-refractivity contribution >= 4 is 6.29 Å². The van der Waals surface area contributed by atoms with Gasteiger partial charge in [-0.2, -0.15) is 0 Å². The summed E-state index contributed by atoms with van der Waals surface area (Å²) < 4.78 is 39.8. The zero-order chi connectivity index (χ0) is 13.9. The van der Waals surface area contributed by atoms with Crippen molar-refractivity contribution in [3.8, 4) is 17.0 Å². The minimum Gasteiger partial charge on any atom is -0.406 e. The number of aldehydes is 1. The zero-order valence-electron chi connectivity index (χ0n) is 9.52. The monoisotopic (exact) mass is 267 g/mol. The molecule has 0 amide bonds. The molecule has 1 aromatic heterocycles. The Bertz CT molecular complexity index is 579. The third-order valence-corrected chi connectivity index (χ3v) is 2.33. The van der Waals surface area contributed by atoms with E-state index in [4.69, 9.17) is 0 Å². The molecule has 2 rings (SSSR count). The molecule has 0 radical (unpaired) electrons. The van der Waals surface area contributed by atoms with Crippen molar-refractivity contribution in [1.82, 2.24) is 4.98 Å². The molecule has 6 heteroatoms. The first kappa shape index (κ1) is 13.1. The Morgan fingerprint density at radius 3 is 2.37 bits per heavy atom. The summed E-state index contributed by atoms with van der Waals surface area (Å²) in [7, 11) is 0. The number of nitrogens with zero attached hydrogens (tertiary/aromatic N) is 1. The molecule has 19 heavy (non-hydrogen) atoms. The van der Waals surface area contributed by atoms with Gasteiger partial charge < -0.3 is 4.74 Å². The quantitative estimate of drug-likeness (QED) is 0.799. The summed E-state index contributed by atoms with van der Waals surface area (Å²) in [5.74, 6) is -0.320. The van der Waals surface area contributed by atoms with Crippen molar-refractivity contribution in [3.63, 3.8) is 0 Å². The van der Waals surface area contributed by atoms with Crippen LogP contribution in [0.15, 0.2) is 42.6 Å². The van der Waals surface area contributed by atoms with Crippen molar-refractivity contribution < 1.29 is 22.7 Å². The van der Waals surface area contributed by atoms with E-state index in [1.807, 2.05) is 0 Å². The van der Waals surface area contributed by atoms with E-state index in [0.717, 1.165) is 0 Å². The molecule has 98 valence electrons. The number of carbonyl (C=O) groups excluding carboxylic acids is 1. The van der Waals surface area contributed by atoms with Crippen LogP contribution in [-0.2, 0) is 0 Å². The number of ether oxygens (including phenoxy) is 1. The summed E-state index contributed by atoms with van der Waals surface area (Å²) in [6.45, 7) is 0. The zero-order valence-corrected chi connectivity index (χ0v) is 9.52. The van der Waals surface area contributed by atoms with E-state index >= 15 is 0 Å². The predicted molar refractivity (Wildman–Crippen MR) is 61.7 cm³/mol. The Balaban J connectivity index is 2.30. The van der Waals surface area contributed by atoms with Gasteiger partial charge in [0.1, 0.15) is 5.75 Å². The Morgan fingerprint density at radius 2 is 1.79 bits per heavy atom. The second-order valence-corrected chi connectivity index (χ2v) is 3.63. The smallest absolute Gasteiger partial charge is 0.406 e. The molecule has 1 aromatic carbocycles. The molecule has 1 heterocycles. The number of rotatable bonds is 3. The fraction of sp³-hybridized carbons (Fsp3) is 0.0769. The van der Waals surface area contributed by atoms with Crippen LogP contribution in [0.4, 0.5) is 13.2 Å². The van der Waals surface area contributed by atoms with E-state index in [1.54, 1.807) is 12.1 Å². The van der Waals surface area contributed by atoms with Gasteiger partial charge in [-0.3, -0.25) is 9.78 Å². The highest BCUT2D eigenvalue weighted by Crippen LogP contribution is 2.26. The summed E-state index contributed by atoms with van der Waals surface area (Å²) in [6.07, 6.45) is -2.58. The van der Waals surface area contributed by atoms with Crippen LogP contribution in [0.25, 0.3) is 11.3 Å². The van der Waals surface area contributed by atoms with Crippen LogP contribution in [0.3, 0.4) is 0 Å². The lowest BCUT2D eigenvalue weighted by Crippen LogP contribution is -2.16. The van der Waals surface area contributed by atoms with Crippen molar-refractivity contribution in [3.05, 3.63) is 48.2 Å². The molecule has 0 aliphatic heterocycles. The first-order valence-electron chi connectivity index (χ1n) is 5.26. The van der Waals surface area contributed by atoms with E-state index < -0.39 is 6.36 Å². The number of carbonyl (C=O) groups is 1. The lowest BCUT2D eigenvalue weighted by Gasteiger charge is -2.09. The molecule has 0 saturated carbocycles. The highest BCUT2D eigenvalue weighted by atomic mass is 19.4. The van der Waals surface area contributed by atoms with E-state index in [-0.39, 0.29) is 5.75 Å². The van der Waals surface area contributed by atoms with E-state index in [0.29, 0.717) is 23.1 Å². The van der Waals surface area contributed by atoms with Gasteiger partial charge in [-0.05, 0) is 36.4 Å². The summed E-state index contributed by atoms with van der Waals surface area (Å²) >= 11 is 0. The second kappa shape index (κ2) is 5.09. The molecule has 3 nitrogen and oxygen atoms in total. The first-order chi connectivity index (χ1) is 8.99. The molecule has 0 aliphatic carbocycles. The minimum atomic E-state index is -4.72. The molecule has 0 N–H and O–H groups in total. The molecular formula is C13H8F3NO2. The Hall–Kier alpha value is -2.37. The number of halogens is 3. The Kier molecular flexibility index (Phi) is 3.50. The number of hydrogen-bond acceptors (Lipinski definition) is 3. The van der Waals surface area contributed by atoms with Crippen LogP contribution < -0.4 is 4.74 Å². The van der Waals surface area contributed by atoms with Crippen LogP contribution >= 0.6 is 0 Å². The molecular weight excluding hydrogens is 259 g/mol. The maximum Gasteiger partial charge on any atom is 0.573 e. The van der Waals surface area contributed by atoms with E-state index in [1.165, 1.54) is 30.5 Å². The number of hydrogen-bond donors (Lipinski definition) is 0. The summed E-state index contributed by atoms with van der Waals surface area (Å²) in [4.78, 5) is 14.9. The number of pyridine rings is 1. The van der Waals surface area contributed by atoms with Gasteiger partial charge in [0.2, 0.25) is 0 Å². The second-order valence-electron chi connectivity index (χ2n) is 3.63. The van der Waals surface area contributed by atoms with Crippen LogP contribution in [0.5, 0.6) is 5.75 Å². The lowest BCUT2D eigenvalue weighted by atomic mass is 10.1. The van der Waals surface area contributed by atoms with Gasteiger partial charge in [0.15, 0.2) is 6.29 Å². The molecule has 0 atom stereocenters. The van der Waals surface area contributed by atoms with E-state index in [9.17, 15) is 18.0 Å². The van der Waals surface area contributed by atoms with Gasteiger partial charge >= 0.3 is 6.36 Å². The first-order valence-corrected chi connectivity index (χ1v) is 5.26. The van der Waals surface area contributed by atoms with Crippen LogP contribution in [0.2, 0.25) is 0 Å². The number of aromatic nitrogens is 1. The van der Waals surface area contributed by atoms with Gasteiger partial charge in [-0.25, -0.2) is 0 Å². The SMILES string of the molecule is O=Cc1cccnc1-c1ccc(OC(F)(F)F)cc1. The summed E-state index contributed by atoms with van der Waals surface area (Å²) in [6, 6.07) is 8.36. The van der Waals surface area contributed by atoms with Gasteiger partial charge in [0, 0.05) is 17.3 Å².